The van der Waals surface area contributed by atoms with Gasteiger partial charge >= 0.3 is 0 Å². The Morgan fingerprint density at radius 3 is 2.88 bits per heavy atom. The molecule has 2 aromatic rings. The maximum atomic E-state index is 12.2. The van der Waals surface area contributed by atoms with Gasteiger partial charge in [0.2, 0.25) is 5.91 Å². The van der Waals surface area contributed by atoms with E-state index < -0.39 is 0 Å². The van der Waals surface area contributed by atoms with Crippen LogP contribution in [0, 0.1) is 0 Å². The quantitative estimate of drug-likeness (QED) is 0.773. The van der Waals surface area contributed by atoms with Crippen molar-refractivity contribution in [2.45, 2.75) is 77.7 Å². The van der Waals surface area contributed by atoms with E-state index in [1.165, 1.54) is 55.1 Å². The number of benzene rings is 1. The molecule has 1 aromatic carbocycles. The molecule has 3 nitrogen and oxygen atoms in total. The van der Waals surface area contributed by atoms with Gasteiger partial charge in [-0.15, -0.1) is 0 Å². The molecule has 2 aliphatic rings. The first-order valence-corrected chi connectivity index (χ1v) is 9.74. The molecule has 2 heterocycles. The molecule has 1 N–H and O–H groups in total. The summed E-state index contributed by atoms with van der Waals surface area (Å²) in [5, 5.41) is 4.57. The summed E-state index contributed by atoms with van der Waals surface area (Å²) in [4.78, 5) is 12.2. The number of carbonyl (C=O) groups excluding carboxylic acids is 1. The fourth-order valence-electron chi connectivity index (χ4n) is 4.55. The number of hydrogen-bond donors (Lipinski definition) is 1. The molecule has 1 aromatic heterocycles. The third-order valence-electron chi connectivity index (χ3n) is 5.67. The fraction of sp³-hybridized carbons (Fsp3) is 0.571. The molecule has 0 atom stereocenters. The Hall–Kier alpha value is -1.77. The average molecular weight is 324 g/mol. The summed E-state index contributed by atoms with van der Waals surface area (Å²) in [5.74, 6) is 0.166. The molecular weight excluding hydrogens is 296 g/mol. The molecule has 0 spiro atoms. The van der Waals surface area contributed by atoms with Crippen molar-refractivity contribution in [2.75, 3.05) is 5.32 Å². The Morgan fingerprint density at radius 2 is 2.00 bits per heavy atom. The third-order valence-corrected chi connectivity index (χ3v) is 5.67. The smallest absolute Gasteiger partial charge is 0.224 e. The van der Waals surface area contributed by atoms with Gasteiger partial charge in [0.15, 0.2) is 0 Å². The van der Waals surface area contributed by atoms with Crippen LogP contribution in [-0.2, 0) is 30.6 Å². The Bertz CT molecular complexity index is 772. The van der Waals surface area contributed by atoms with E-state index in [1.54, 1.807) is 11.3 Å². The van der Waals surface area contributed by atoms with Crippen molar-refractivity contribution in [3.63, 3.8) is 0 Å². The van der Waals surface area contributed by atoms with Crippen LogP contribution in [0.1, 0.15) is 68.7 Å². The highest BCUT2D eigenvalue weighted by Gasteiger charge is 2.24. The number of aromatic nitrogens is 1. The van der Waals surface area contributed by atoms with Gasteiger partial charge in [0, 0.05) is 29.7 Å². The van der Waals surface area contributed by atoms with Crippen LogP contribution in [-0.4, -0.2) is 10.5 Å². The van der Waals surface area contributed by atoms with Crippen LogP contribution in [0.3, 0.4) is 0 Å². The summed E-state index contributed by atoms with van der Waals surface area (Å²) < 4.78 is 2.58. The molecule has 0 saturated heterocycles. The van der Waals surface area contributed by atoms with Crippen molar-refractivity contribution in [1.82, 2.24) is 4.57 Å². The molecule has 3 heteroatoms. The van der Waals surface area contributed by atoms with E-state index in [2.05, 4.69) is 28.9 Å². The molecule has 0 unspecified atom stereocenters. The zero-order valence-electron chi connectivity index (χ0n) is 14.8. The summed E-state index contributed by atoms with van der Waals surface area (Å²) >= 11 is 0. The van der Waals surface area contributed by atoms with Gasteiger partial charge in [-0.1, -0.05) is 19.8 Å². The van der Waals surface area contributed by atoms with Crippen LogP contribution in [0.15, 0.2) is 12.1 Å². The topological polar surface area (TPSA) is 34.0 Å². The summed E-state index contributed by atoms with van der Waals surface area (Å²) in [6.07, 6.45) is 11.3. The van der Waals surface area contributed by atoms with Gasteiger partial charge in [-0.3, -0.25) is 4.79 Å². The average Bonchev–Trinajstić information content (AvgIpc) is 2.91. The molecular formula is C21H28N2O. The normalized spacial score (nSPS) is 16.2. The van der Waals surface area contributed by atoms with Crippen molar-refractivity contribution in [3.05, 3.63) is 29.0 Å². The molecule has 4 rings (SSSR count). The summed E-state index contributed by atoms with van der Waals surface area (Å²) in [5.41, 5.74) is 7.02. The number of aryl methyl sites for hydroxylation is 3. The monoisotopic (exact) mass is 324 g/mol. The molecule has 24 heavy (non-hydrogen) atoms. The van der Waals surface area contributed by atoms with E-state index in [4.69, 9.17) is 0 Å². The van der Waals surface area contributed by atoms with Gasteiger partial charge in [0.05, 0.1) is 5.52 Å². The lowest BCUT2D eigenvalue weighted by molar-refractivity contribution is -0.116. The van der Waals surface area contributed by atoms with Crippen LogP contribution < -0.4 is 5.32 Å². The number of carbonyl (C=O) groups is 1. The van der Waals surface area contributed by atoms with Gasteiger partial charge in [-0.05, 0) is 68.2 Å². The van der Waals surface area contributed by atoms with Gasteiger partial charge < -0.3 is 9.88 Å². The lowest BCUT2D eigenvalue weighted by atomic mass is 9.94. The van der Waals surface area contributed by atoms with Crippen LogP contribution >= 0.6 is 0 Å². The van der Waals surface area contributed by atoms with E-state index in [-0.39, 0.29) is 5.91 Å². The highest BCUT2D eigenvalue weighted by molar-refractivity contribution is 5.97. The van der Waals surface area contributed by atoms with Crippen LogP contribution in [0.4, 0.5) is 5.69 Å². The molecule has 0 radical (unpaired) electrons. The Labute approximate surface area is 144 Å². The minimum Gasteiger partial charge on any atom is -0.344 e. The van der Waals surface area contributed by atoms with E-state index in [0.29, 0.717) is 6.42 Å². The van der Waals surface area contributed by atoms with Crippen molar-refractivity contribution < 1.29 is 4.79 Å². The van der Waals surface area contributed by atoms with E-state index in [0.717, 1.165) is 31.4 Å². The maximum absolute atomic E-state index is 12.2. The predicted octanol–water partition coefficient (Wildman–Crippen LogP) is 4.99. The summed E-state index contributed by atoms with van der Waals surface area (Å²) in [6, 6.07) is 4.46. The molecule has 0 bridgehead atoms. The third kappa shape index (κ3) is 2.74. The van der Waals surface area contributed by atoms with E-state index in [1.807, 2.05) is 0 Å². The lowest BCUT2D eigenvalue weighted by Gasteiger charge is -2.20. The number of hydrogen-bond acceptors (Lipinski definition) is 1. The van der Waals surface area contributed by atoms with Gasteiger partial charge in [0.1, 0.15) is 0 Å². The Kier molecular flexibility index (Phi) is 4.34. The minimum atomic E-state index is 0.166. The van der Waals surface area contributed by atoms with Crippen LogP contribution in [0.2, 0.25) is 0 Å². The highest BCUT2D eigenvalue weighted by Crippen LogP contribution is 2.38. The number of nitrogens with zero attached hydrogens (tertiary/aromatic N) is 1. The number of amides is 1. The molecule has 1 aliphatic heterocycles. The maximum Gasteiger partial charge on any atom is 0.224 e. The SMILES string of the molecule is CCCCCC(=O)Nc1cc2c3c(c1)c1c(n3CCC2)CCCC1. The molecule has 1 aliphatic carbocycles. The number of fused-ring (bicyclic) bond motifs is 3. The number of rotatable bonds is 5. The van der Waals surface area contributed by atoms with Crippen molar-refractivity contribution in [1.29, 1.82) is 0 Å². The molecule has 128 valence electrons. The first kappa shape index (κ1) is 15.7. The first-order chi connectivity index (χ1) is 11.8. The highest BCUT2D eigenvalue weighted by atomic mass is 16.1. The first-order valence-electron chi connectivity index (χ1n) is 9.74. The van der Waals surface area contributed by atoms with E-state index in [9.17, 15) is 4.79 Å². The van der Waals surface area contributed by atoms with Crippen LogP contribution in [0.5, 0.6) is 0 Å². The Balaban J connectivity index is 1.68. The Morgan fingerprint density at radius 1 is 1.12 bits per heavy atom. The van der Waals surface area contributed by atoms with Gasteiger partial charge in [-0.2, -0.15) is 0 Å². The summed E-state index contributed by atoms with van der Waals surface area (Å²) in [6.45, 7) is 3.34. The zero-order valence-corrected chi connectivity index (χ0v) is 14.8. The minimum absolute atomic E-state index is 0.166. The second-order valence-electron chi connectivity index (χ2n) is 7.42. The largest absolute Gasteiger partial charge is 0.344 e. The van der Waals surface area contributed by atoms with E-state index >= 15 is 0 Å². The number of anilines is 1. The van der Waals surface area contributed by atoms with Crippen molar-refractivity contribution in [3.8, 4) is 0 Å². The standard InChI is InChI=1S/C21H28N2O/c1-2-3-4-11-20(24)22-16-13-15-8-7-12-23-19-10-6-5-9-17(19)18(14-16)21(15)23/h13-14H,2-12H2,1H3,(H,22,24). The van der Waals surface area contributed by atoms with Crippen molar-refractivity contribution in [2.24, 2.45) is 0 Å². The van der Waals surface area contributed by atoms with Crippen molar-refractivity contribution >= 4 is 22.5 Å². The molecule has 0 fully saturated rings. The lowest BCUT2D eigenvalue weighted by Crippen LogP contribution is -2.13. The fourth-order valence-corrected chi connectivity index (χ4v) is 4.55. The molecule has 0 saturated carbocycles. The zero-order chi connectivity index (χ0) is 16.5. The van der Waals surface area contributed by atoms with Gasteiger partial charge in [-0.25, -0.2) is 0 Å². The second-order valence-corrected chi connectivity index (χ2v) is 7.42. The molecule has 1 amide bonds. The van der Waals surface area contributed by atoms with Crippen LogP contribution in [0.25, 0.3) is 10.9 Å². The number of unbranched alkanes of at least 4 members (excludes halogenated alkanes) is 2. The number of nitrogens with one attached hydrogen (secondary N) is 1. The second kappa shape index (κ2) is 6.62. The van der Waals surface area contributed by atoms with Gasteiger partial charge in [0.25, 0.3) is 0 Å². The predicted molar refractivity (Wildman–Crippen MR) is 99.7 cm³/mol. The summed E-state index contributed by atoms with van der Waals surface area (Å²) in [7, 11) is 0.